The molecule has 0 aliphatic rings. The summed E-state index contributed by atoms with van der Waals surface area (Å²) in [6, 6.07) is 3.44. The highest BCUT2D eigenvalue weighted by Crippen LogP contribution is 2.48. The van der Waals surface area contributed by atoms with Crippen LogP contribution in [0.1, 0.15) is 22.8 Å². The Balaban J connectivity index is 3.02. The van der Waals surface area contributed by atoms with E-state index in [0.717, 1.165) is 0 Å². The maximum Gasteiger partial charge on any atom is 0.338 e. The van der Waals surface area contributed by atoms with Crippen molar-refractivity contribution in [3.63, 3.8) is 0 Å². The minimum atomic E-state index is -0.429. The second-order valence-electron chi connectivity index (χ2n) is 5.39. The smallest absolute Gasteiger partial charge is 0.338 e. The summed E-state index contributed by atoms with van der Waals surface area (Å²) in [5.74, 6) is 1.61. The zero-order chi connectivity index (χ0) is 19.3. The first-order chi connectivity index (χ1) is 12.6. The SMILES string of the molecule is C=CCc1c(C(=O)OCC)cc2c(OC)cc(OC)c(OC)c2c1OC. The molecule has 0 aliphatic carbocycles. The van der Waals surface area contributed by atoms with E-state index in [1.54, 1.807) is 53.6 Å². The number of rotatable bonds is 8. The monoisotopic (exact) mass is 360 g/mol. The molecule has 0 spiro atoms. The van der Waals surface area contributed by atoms with Gasteiger partial charge in [0.25, 0.3) is 0 Å². The lowest BCUT2D eigenvalue weighted by Gasteiger charge is -2.20. The lowest BCUT2D eigenvalue weighted by atomic mass is 9.95. The van der Waals surface area contributed by atoms with Crippen molar-refractivity contribution in [3.05, 3.63) is 35.9 Å². The van der Waals surface area contributed by atoms with Crippen LogP contribution in [0, 0.1) is 0 Å². The topological polar surface area (TPSA) is 63.2 Å². The predicted molar refractivity (Wildman–Crippen MR) is 100 cm³/mol. The Morgan fingerprint density at radius 1 is 1.00 bits per heavy atom. The van der Waals surface area contributed by atoms with Crippen molar-refractivity contribution in [3.8, 4) is 23.0 Å². The number of allylic oxidation sites excluding steroid dienone is 1. The number of hydrogen-bond acceptors (Lipinski definition) is 6. The summed E-state index contributed by atoms with van der Waals surface area (Å²) in [5, 5.41) is 1.33. The fourth-order valence-electron chi connectivity index (χ4n) is 2.99. The van der Waals surface area contributed by atoms with Crippen molar-refractivity contribution < 1.29 is 28.5 Å². The van der Waals surface area contributed by atoms with Crippen molar-refractivity contribution in [1.29, 1.82) is 0 Å². The van der Waals surface area contributed by atoms with Crippen LogP contribution in [0.4, 0.5) is 0 Å². The van der Waals surface area contributed by atoms with E-state index in [-0.39, 0.29) is 6.61 Å². The summed E-state index contributed by atoms with van der Waals surface area (Å²) in [7, 11) is 6.19. The quantitative estimate of drug-likeness (QED) is 0.527. The highest BCUT2D eigenvalue weighted by molar-refractivity contribution is 6.06. The Morgan fingerprint density at radius 3 is 2.15 bits per heavy atom. The van der Waals surface area contributed by atoms with Crippen LogP contribution in [-0.4, -0.2) is 41.0 Å². The Hall–Kier alpha value is -2.89. The number of carbonyl (C=O) groups excluding carboxylic acids is 1. The van der Waals surface area contributed by atoms with Gasteiger partial charge in [-0.05, 0) is 19.4 Å². The molecule has 0 amide bonds. The molecule has 0 N–H and O–H groups in total. The third-order valence-electron chi connectivity index (χ3n) is 4.05. The van der Waals surface area contributed by atoms with E-state index in [1.807, 2.05) is 0 Å². The summed E-state index contributed by atoms with van der Waals surface area (Å²) in [5.41, 5.74) is 1.07. The third-order valence-corrected chi connectivity index (χ3v) is 4.05. The Kier molecular flexibility index (Phi) is 6.33. The van der Waals surface area contributed by atoms with Crippen molar-refractivity contribution in [1.82, 2.24) is 0 Å². The molecule has 0 heterocycles. The molecule has 2 rings (SSSR count). The number of ether oxygens (including phenoxy) is 5. The van der Waals surface area contributed by atoms with Gasteiger partial charge in [-0.15, -0.1) is 6.58 Å². The summed E-state index contributed by atoms with van der Waals surface area (Å²) in [6.45, 7) is 5.81. The summed E-state index contributed by atoms with van der Waals surface area (Å²) < 4.78 is 27.4. The number of fused-ring (bicyclic) bond motifs is 1. The minimum absolute atomic E-state index is 0.274. The predicted octanol–water partition coefficient (Wildman–Crippen LogP) is 3.78. The molecule has 0 unspecified atom stereocenters. The fraction of sp³-hybridized carbons (Fsp3) is 0.350. The van der Waals surface area contributed by atoms with Gasteiger partial charge in [0.1, 0.15) is 11.5 Å². The van der Waals surface area contributed by atoms with Gasteiger partial charge in [0.05, 0.1) is 46.0 Å². The van der Waals surface area contributed by atoms with Crippen LogP contribution in [0.25, 0.3) is 10.8 Å². The van der Waals surface area contributed by atoms with Crippen molar-refractivity contribution in [2.24, 2.45) is 0 Å². The first kappa shape index (κ1) is 19.4. The van der Waals surface area contributed by atoms with Crippen molar-refractivity contribution in [2.45, 2.75) is 13.3 Å². The van der Waals surface area contributed by atoms with Crippen LogP contribution in [0.15, 0.2) is 24.8 Å². The Morgan fingerprint density at radius 2 is 1.65 bits per heavy atom. The van der Waals surface area contributed by atoms with E-state index in [1.165, 1.54) is 0 Å². The van der Waals surface area contributed by atoms with Gasteiger partial charge in [-0.1, -0.05) is 6.08 Å². The molecule has 6 heteroatoms. The van der Waals surface area contributed by atoms with Crippen LogP contribution < -0.4 is 18.9 Å². The lowest BCUT2D eigenvalue weighted by Crippen LogP contribution is -2.10. The highest BCUT2D eigenvalue weighted by Gasteiger charge is 2.25. The summed E-state index contributed by atoms with van der Waals surface area (Å²) in [6.07, 6.45) is 2.13. The number of methoxy groups -OCH3 is 4. The van der Waals surface area contributed by atoms with Gasteiger partial charge in [-0.2, -0.15) is 0 Å². The number of benzene rings is 2. The molecular formula is C20H24O6. The van der Waals surface area contributed by atoms with Crippen LogP contribution in [-0.2, 0) is 11.2 Å². The first-order valence-corrected chi connectivity index (χ1v) is 8.18. The molecule has 0 radical (unpaired) electrons. The fourth-order valence-corrected chi connectivity index (χ4v) is 2.99. The van der Waals surface area contributed by atoms with Crippen molar-refractivity contribution in [2.75, 3.05) is 35.0 Å². The molecule has 26 heavy (non-hydrogen) atoms. The molecule has 0 bridgehead atoms. The number of hydrogen-bond donors (Lipinski definition) is 0. The van der Waals surface area contributed by atoms with Crippen LogP contribution in [0.2, 0.25) is 0 Å². The first-order valence-electron chi connectivity index (χ1n) is 8.18. The van der Waals surface area contributed by atoms with E-state index in [0.29, 0.717) is 51.3 Å². The second-order valence-corrected chi connectivity index (χ2v) is 5.39. The van der Waals surface area contributed by atoms with E-state index >= 15 is 0 Å². The van der Waals surface area contributed by atoms with Gasteiger partial charge in [0.15, 0.2) is 11.5 Å². The average Bonchev–Trinajstić information content (AvgIpc) is 2.66. The summed E-state index contributed by atoms with van der Waals surface area (Å²) >= 11 is 0. The van der Waals surface area contributed by atoms with Crippen LogP contribution >= 0.6 is 0 Å². The highest BCUT2D eigenvalue weighted by atomic mass is 16.5. The second kappa shape index (κ2) is 8.47. The van der Waals surface area contributed by atoms with E-state index in [2.05, 4.69) is 6.58 Å². The minimum Gasteiger partial charge on any atom is -0.496 e. The average molecular weight is 360 g/mol. The molecule has 0 atom stereocenters. The van der Waals surface area contributed by atoms with E-state index < -0.39 is 5.97 Å². The number of carbonyl (C=O) groups is 1. The lowest BCUT2D eigenvalue weighted by molar-refractivity contribution is 0.0525. The van der Waals surface area contributed by atoms with Gasteiger partial charge >= 0.3 is 5.97 Å². The Labute approximate surface area is 153 Å². The Bertz CT molecular complexity index is 825. The molecule has 0 saturated heterocycles. The standard InChI is InChI=1S/C20H24O6/c1-7-9-12-13(20(21)26-8-2)10-14-15(22-3)11-16(23-4)19(25-6)17(14)18(12)24-5/h7,10-11H,1,8-9H2,2-6H3. The molecule has 0 fully saturated rings. The molecule has 6 nitrogen and oxygen atoms in total. The zero-order valence-electron chi connectivity index (χ0n) is 15.8. The molecule has 0 saturated carbocycles. The maximum atomic E-state index is 12.5. The molecule has 2 aromatic carbocycles. The van der Waals surface area contributed by atoms with Gasteiger partial charge in [0.2, 0.25) is 0 Å². The van der Waals surface area contributed by atoms with Gasteiger partial charge in [-0.25, -0.2) is 4.79 Å². The molecule has 140 valence electrons. The zero-order valence-corrected chi connectivity index (χ0v) is 15.8. The van der Waals surface area contributed by atoms with Crippen molar-refractivity contribution >= 4 is 16.7 Å². The summed E-state index contributed by atoms with van der Waals surface area (Å²) in [4.78, 5) is 12.5. The molecule has 2 aromatic rings. The van der Waals surface area contributed by atoms with Gasteiger partial charge in [-0.3, -0.25) is 0 Å². The number of esters is 1. The van der Waals surface area contributed by atoms with E-state index in [9.17, 15) is 4.79 Å². The van der Waals surface area contributed by atoms with Crippen LogP contribution in [0.5, 0.6) is 23.0 Å². The molecule has 0 aromatic heterocycles. The molecule has 0 aliphatic heterocycles. The maximum absolute atomic E-state index is 12.5. The molecular weight excluding hydrogens is 336 g/mol. The van der Waals surface area contributed by atoms with Gasteiger partial charge in [0, 0.05) is 17.0 Å². The normalized spacial score (nSPS) is 10.3. The van der Waals surface area contributed by atoms with Crippen LogP contribution in [0.3, 0.4) is 0 Å². The van der Waals surface area contributed by atoms with Gasteiger partial charge < -0.3 is 23.7 Å². The largest absolute Gasteiger partial charge is 0.496 e. The van der Waals surface area contributed by atoms with E-state index in [4.69, 9.17) is 23.7 Å². The third kappa shape index (κ3) is 3.27.